The second kappa shape index (κ2) is 2.92. The van der Waals surface area contributed by atoms with Gasteiger partial charge in [0.1, 0.15) is 0 Å². The summed E-state index contributed by atoms with van der Waals surface area (Å²) >= 11 is 0. The van der Waals surface area contributed by atoms with Crippen molar-refractivity contribution in [2.24, 2.45) is 0 Å². The largest absolute Gasteiger partial charge is 0.465 e. The number of nitrogen functional groups attached to an aromatic ring is 1. The van der Waals surface area contributed by atoms with Gasteiger partial charge in [0.25, 0.3) is 0 Å². The highest BCUT2D eigenvalue weighted by Crippen LogP contribution is 2.15. The number of nitrogens with one attached hydrogen (secondary N) is 1. The Labute approximate surface area is 63.6 Å². The highest BCUT2D eigenvalue weighted by Gasteiger charge is 1.99. The third-order valence-electron chi connectivity index (χ3n) is 1.20. The minimum atomic E-state index is -1.11. The fraction of sp³-hybridized carbons (Fsp3) is 0. The van der Waals surface area contributed by atoms with Crippen molar-refractivity contribution < 1.29 is 9.90 Å². The first-order chi connectivity index (χ1) is 5.20. The van der Waals surface area contributed by atoms with Crippen LogP contribution in [0.5, 0.6) is 0 Å². The zero-order chi connectivity index (χ0) is 8.27. The summed E-state index contributed by atoms with van der Waals surface area (Å²) in [5.41, 5.74) is 6.29. The van der Waals surface area contributed by atoms with E-state index in [0.717, 1.165) is 0 Å². The summed E-state index contributed by atoms with van der Waals surface area (Å²) in [5.74, 6) is 0. The molecule has 1 rings (SSSR count). The fourth-order valence-corrected chi connectivity index (χ4v) is 0.726. The van der Waals surface area contributed by atoms with E-state index in [1.165, 1.54) is 0 Å². The molecule has 4 heteroatoms. The molecule has 1 amide bonds. The average Bonchev–Trinajstić information content (AvgIpc) is 1.93. The molecule has 0 saturated heterocycles. The Morgan fingerprint density at radius 3 is 2.64 bits per heavy atom. The quantitative estimate of drug-likeness (QED) is 0.532. The van der Waals surface area contributed by atoms with Crippen LogP contribution in [0.3, 0.4) is 0 Å². The number of rotatable bonds is 1. The first kappa shape index (κ1) is 7.40. The Hall–Kier alpha value is -1.71. The minimum absolute atomic E-state index is 0.417. The molecule has 0 unspecified atom stereocenters. The normalized spacial score (nSPS) is 9.09. The first-order valence-electron chi connectivity index (χ1n) is 3.04. The molecule has 0 bridgehead atoms. The highest BCUT2D eigenvalue weighted by atomic mass is 16.4. The van der Waals surface area contributed by atoms with Crippen molar-refractivity contribution in [1.82, 2.24) is 0 Å². The van der Waals surface area contributed by atoms with Gasteiger partial charge in [-0.2, -0.15) is 0 Å². The second-order valence-electron chi connectivity index (χ2n) is 2.02. The van der Waals surface area contributed by atoms with Crippen molar-refractivity contribution in [2.75, 3.05) is 11.1 Å². The van der Waals surface area contributed by atoms with Crippen LogP contribution in [0.15, 0.2) is 24.3 Å². The van der Waals surface area contributed by atoms with Crippen molar-refractivity contribution in [1.29, 1.82) is 0 Å². The van der Waals surface area contributed by atoms with E-state index in [0.29, 0.717) is 11.4 Å². The van der Waals surface area contributed by atoms with Crippen LogP contribution in [0.25, 0.3) is 0 Å². The number of amides is 1. The molecular formula is C7H8N2O2. The molecule has 4 N–H and O–H groups in total. The van der Waals surface area contributed by atoms with Crippen molar-refractivity contribution in [3.63, 3.8) is 0 Å². The molecule has 11 heavy (non-hydrogen) atoms. The molecule has 0 fully saturated rings. The van der Waals surface area contributed by atoms with Gasteiger partial charge < -0.3 is 10.8 Å². The SMILES string of the molecule is Nc1ccccc1NC(=O)O. The molecule has 4 nitrogen and oxygen atoms in total. The molecule has 0 atom stereocenters. The van der Waals surface area contributed by atoms with E-state index in [9.17, 15) is 4.79 Å². The number of benzene rings is 1. The number of carboxylic acid groups (broad SMARTS) is 1. The molecule has 0 aliphatic heterocycles. The van der Waals surface area contributed by atoms with Gasteiger partial charge in [-0.15, -0.1) is 0 Å². The lowest BCUT2D eigenvalue weighted by Gasteiger charge is -2.02. The molecule has 58 valence electrons. The Bertz CT molecular complexity index is 273. The highest BCUT2D eigenvalue weighted by molar-refractivity contribution is 5.87. The van der Waals surface area contributed by atoms with Crippen LogP contribution < -0.4 is 11.1 Å². The zero-order valence-corrected chi connectivity index (χ0v) is 5.74. The number of para-hydroxylation sites is 2. The second-order valence-corrected chi connectivity index (χ2v) is 2.02. The zero-order valence-electron chi connectivity index (χ0n) is 5.74. The van der Waals surface area contributed by atoms with E-state index >= 15 is 0 Å². The van der Waals surface area contributed by atoms with Gasteiger partial charge in [0, 0.05) is 0 Å². The van der Waals surface area contributed by atoms with E-state index in [1.54, 1.807) is 24.3 Å². The van der Waals surface area contributed by atoms with Crippen LogP contribution in [0, 0.1) is 0 Å². The maximum Gasteiger partial charge on any atom is 0.409 e. The van der Waals surface area contributed by atoms with Crippen LogP contribution in [0.1, 0.15) is 0 Å². The summed E-state index contributed by atoms with van der Waals surface area (Å²) in [7, 11) is 0. The van der Waals surface area contributed by atoms with Gasteiger partial charge in [0.2, 0.25) is 0 Å². The van der Waals surface area contributed by atoms with Gasteiger partial charge in [-0.25, -0.2) is 4.79 Å². The third kappa shape index (κ3) is 1.86. The summed E-state index contributed by atoms with van der Waals surface area (Å²) in [4.78, 5) is 10.2. The third-order valence-corrected chi connectivity index (χ3v) is 1.20. The van der Waals surface area contributed by atoms with Gasteiger partial charge in [-0.3, -0.25) is 5.32 Å². The van der Waals surface area contributed by atoms with E-state index in [4.69, 9.17) is 10.8 Å². The maximum absolute atomic E-state index is 10.2. The topological polar surface area (TPSA) is 75.3 Å². The van der Waals surface area contributed by atoms with Gasteiger partial charge >= 0.3 is 6.09 Å². The Kier molecular flexibility index (Phi) is 1.96. The molecule has 1 aromatic carbocycles. The summed E-state index contributed by atoms with van der Waals surface area (Å²) < 4.78 is 0. The van der Waals surface area contributed by atoms with Crippen LogP contribution in [-0.4, -0.2) is 11.2 Å². The first-order valence-corrected chi connectivity index (χ1v) is 3.04. The molecule has 0 radical (unpaired) electrons. The van der Waals surface area contributed by atoms with Crippen molar-refractivity contribution in [3.8, 4) is 0 Å². The van der Waals surface area contributed by atoms with Crippen LogP contribution in [0.4, 0.5) is 16.2 Å². The van der Waals surface area contributed by atoms with Gasteiger partial charge in [-0.05, 0) is 12.1 Å². The fourth-order valence-electron chi connectivity index (χ4n) is 0.726. The molecule has 0 aromatic heterocycles. The molecule has 0 heterocycles. The lowest BCUT2D eigenvalue weighted by atomic mass is 10.3. The Morgan fingerprint density at radius 2 is 2.09 bits per heavy atom. The van der Waals surface area contributed by atoms with E-state index in [-0.39, 0.29) is 0 Å². The van der Waals surface area contributed by atoms with Crippen molar-refractivity contribution in [2.45, 2.75) is 0 Å². The average molecular weight is 152 g/mol. The van der Waals surface area contributed by atoms with Crippen LogP contribution in [0.2, 0.25) is 0 Å². The lowest BCUT2D eigenvalue weighted by molar-refractivity contribution is 0.210. The predicted molar refractivity (Wildman–Crippen MR) is 42.5 cm³/mol. The number of hydrogen-bond acceptors (Lipinski definition) is 2. The molecule has 0 aliphatic carbocycles. The molecule has 0 spiro atoms. The van der Waals surface area contributed by atoms with Gasteiger partial charge in [0.15, 0.2) is 0 Å². The summed E-state index contributed by atoms with van der Waals surface area (Å²) in [6, 6.07) is 6.68. The van der Waals surface area contributed by atoms with E-state index < -0.39 is 6.09 Å². The predicted octanol–water partition coefficient (Wildman–Crippen LogP) is 1.36. The molecule has 0 aliphatic rings. The number of hydrogen-bond donors (Lipinski definition) is 3. The van der Waals surface area contributed by atoms with Crippen LogP contribution >= 0.6 is 0 Å². The number of carbonyl (C=O) groups is 1. The van der Waals surface area contributed by atoms with Crippen LogP contribution in [-0.2, 0) is 0 Å². The minimum Gasteiger partial charge on any atom is -0.465 e. The van der Waals surface area contributed by atoms with Gasteiger partial charge in [0.05, 0.1) is 11.4 Å². The van der Waals surface area contributed by atoms with E-state index in [1.807, 2.05) is 0 Å². The maximum atomic E-state index is 10.2. The smallest absolute Gasteiger partial charge is 0.409 e. The van der Waals surface area contributed by atoms with E-state index in [2.05, 4.69) is 5.32 Å². The summed E-state index contributed by atoms with van der Waals surface area (Å²) in [6.07, 6.45) is -1.11. The number of anilines is 2. The molecule has 0 saturated carbocycles. The van der Waals surface area contributed by atoms with Crippen molar-refractivity contribution >= 4 is 17.5 Å². The van der Waals surface area contributed by atoms with Crippen molar-refractivity contribution in [3.05, 3.63) is 24.3 Å². The monoisotopic (exact) mass is 152 g/mol. The summed E-state index contributed by atoms with van der Waals surface area (Å²) in [6.45, 7) is 0. The standard InChI is InChI=1S/C7H8N2O2/c8-5-3-1-2-4-6(5)9-7(10)11/h1-4,9H,8H2,(H,10,11). The Morgan fingerprint density at radius 1 is 1.45 bits per heavy atom. The molecular weight excluding hydrogens is 144 g/mol. The lowest BCUT2D eigenvalue weighted by Crippen LogP contribution is -2.08. The summed E-state index contributed by atoms with van der Waals surface area (Å²) in [5, 5.41) is 10.5. The Balaban J connectivity index is 2.86. The molecule has 1 aromatic rings. The van der Waals surface area contributed by atoms with Gasteiger partial charge in [-0.1, -0.05) is 12.1 Å². The number of nitrogens with two attached hydrogens (primary N) is 1.